The second-order valence-corrected chi connectivity index (χ2v) is 4.72. The fourth-order valence-electron chi connectivity index (χ4n) is 1.71. The van der Waals surface area contributed by atoms with E-state index in [4.69, 9.17) is 17.3 Å². The third-order valence-electron chi connectivity index (χ3n) is 2.70. The summed E-state index contributed by atoms with van der Waals surface area (Å²) in [6.45, 7) is 2.04. The molecular formula is C12H15ClN4O. The lowest BCUT2D eigenvalue weighted by Gasteiger charge is -2.07. The fourth-order valence-corrected chi connectivity index (χ4v) is 1.99. The molecule has 0 saturated heterocycles. The van der Waals surface area contributed by atoms with Gasteiger partial charge in [0.25, 0.3) is 0 Å². The number of nitrogens with one attached hydrogen (secondary N) is 1. The molecule has 18 heavy (non-hydrogen) atoms. The molecule has 1 atom stereocenters. The van der Waals surface area contributed by atoms with Gasteiger partial charge in [0.2, 0.25) is 5.91 Å². The Morgan fingerprint density at radius 2 is 2.39 bits per heavy atom. The van der Waals surface area contributed by atoms with Crippen LogP contribution in [-0.2, 0) is 18.4 Å². The Bertz CT molecular complexity index is 591. The Hall–Kier alpha value is -1.59. The maximum absolute atomic E-state index is 11.4. The van der Waals surface area contributed by atoms with Crippen molar-refractivity contribution >= 4 is 28.5 Å². The summed E-state index contributed by atoms with van der Waals surface area (Å²) in [7, 11) is 1.89. The van der Waals surface area contributed by atoms with E-state index in [9.17, 15) is 4.79 Å². The third kappa shape index (κ3) is 2.47. The lowest BCUT2D eigenvalue weighted by atomic mass is 10.2. The summed E-state index contributed by atoms with van der Waals surface area (Å²) in [5.41, 5.74) is 7.18. The Morgan fingerprint density at radius 3 is 3.06 bits per heavy atom. The molecule has 0 bridgehead atoms. The maximum atomic E-state index is 11.4. The van der Waals surface area contributed by atoms with Crippen LogP contribution in [0.1, 0.15) is 12.5 Å². The average Bonchev–Trinajstić information content (AvgIpc) is 2.61. The molecule has 6 heteroatoms. The molecule has 2 rings (SSSR count). The van der Waals surface area contributed by atoms with E-state index < -0.39 is 6.04 Å². The van der Waals surface area contributed by atoms with Gasteiger partial charge in [-0.15, -0.1) is 0 Å². The van der Waals surface area contributed by atoms with Gasteiger partial charge in [-0.25, -0.2) is 4.98 Å². The first-order valence-corrected chi connectivity index (χ1v) is 5.99. The number of nitrogens with two attached hydrogens (primary N) is 1. The van der Waals surface area contributed by atoms with Crippen molar-refractivity contribution in [1.29, 1.82) is 0 Å². The zero-order chi connectivity index (χ0) is 13.3. The SMILES string of the molecule is CC(N)C(=O)NCc1cnc2c(c1)c(Cl)cn2C. The molecule has 0 fully saturated rings. The molecule has 0 aromatic carbocycles. The van der Waals surface area contributed by atoms with Crippen LogP contribution in [0.25, 0.3) is 11.0 Å². The van der Waals surface area contributed by atoms with Gasteiger partial charge >= 0.3 is 0 Å². The van der Waals surface area contributed by atoms with Crippen LogP contribution in [-0.4, -0.2) is 21.5 Å². The first-order chi connectivity index (χ1) is 8.49. The summed E-state index contributed by atoms with van der Waals surface area (Å²) in [4.78, 5) is 15.7. The second kappa shape index (κ2) is 4.96. The second-order valence-electron chi connectivity index (χ2n) is 4.31. The van der Waals surface area contributed by atoms with E-state index in [1.165, 1.54) is 0 Å². The van der Waals surface area contributed by atoms with Gasteiger partial charge in [0.1, 0.15) is 5.65 Å². The minimum Gasteiger partial charge on any atom is -0.351 e. The van der Waals surface area contributed by atoms with E-state index in [1.54, 1.807) is 13.1 Å². The first-order valence-electron chi connectivity index (χ1n) is 5.62. The van der Waals surface area contributed by atoms with Crippen molar-refractivity contribution in [3.8, 4) is 0 Å². The summed E-state index contributed by atoms with van der Waals surface area (Å²) >= 11 is 6.09. The Morgan fingerprint density at radius 1 is 1.67 bits per heavy atom. The van der Waals surface area contributed by atoms with Crippen LogP contribution in [0.5, 0.6) is 0 Å². The quantitative estimate of drug-likeness (QED) is 0.877. The molecule has 0 spiro atoms. The van der Waals surface area contributed by atoms with Gasteiger partial charge in [-0.3, -0.25) is 4.79 Å². The van der Waals surface area contributed by atoms with Crippen LogP contribution in [0.3, 0.4) is 0 Å². The highest BCUT2D eigenvalue weighted by Gasteiger charge is 2.09. The Balaban J connectivity index is 2.20. The van der Waals surface area contributed by atoms with Crippen LogP contribution in [0.4, 0.5) is 0 Å². The molecule has 0 aliphatic carbocycles. The van der Waals surface area contributed by atoms with Gasteiger partial charge in [-0.05, 0) is 18.6 Å². The van der Waals surface area contributed by atoms with Crippen LogP contribution in [0, 0.1) is 0 Å². The van der Waals surface area contributed by atoms with Crippen molar-refractivity contribution in [3.63, 3.8) is 0 Å². The summed E-state index contributed by atoms with van der Waals surface area (Å²) in [6, 6.07) is 1.41. The number of rotatable bonds is 3. The minimum atomic E-state index is -0.512. The van der Waals surface area contributed by atoms with Crippen molar-refractivity contribution in [2.45, 2.75) is 19.5 Å². The largest absolute Gasteiger partial charge is 0.351 e. The smallest absolute Gasteiger partial charge is 0.236 e. The number of hydrogen-bond donors (Lipinski definition) is 2. The summed E-state index contributed by atoms with van der Waals surface area (Å²) in [6.07, 6.45) is 3.53. The molecule has 3 N–H and O–H groups in total. The molecule has 0 aliphatic heterocycles. The monoisotopic (exact) mass is 266 g/mol. The van der Waals surface area contributed by atoms with Gasteiger partial charge < -0.3 is 15.6 Å². The van der Waals surface area contributed by atoms with Gasteiger partial charge in [-0.1, -0.05) is 11.6 Å². The lowest BCUT2D eigenvalue weighted by Crippen LogP contribution is -2.37. The number of carbonyl (C=O) groups is 1. The number of aromatic nitrogens is 2. The summed E-state index contributed by atoms with van der Waals surface area (Å²) < 4.78 is 1.86. The van der Waals surface area contributed by atoms with Crippen LogP contribution in [0.15, 0.2) is 18.5 Å². The predicted octanol–water partition coefficient (Wildman–Crippen LogP) is 1.19. The van der Waals surface area contributed by atoms with Crippen LogP contribution >= 0.6 is 11.6 Å². The van der Waals surface area contributed by atoms with Gasteiger partial charge in [0.15, 0.2) is 0 Å². The van der Waals surface area contributed by atoms with E-state index in [-0.39, 0.29) is 5.91 Å². The van der Waals surface area contributed by atoms with E-state index in [2.05, 4.69) is 10.3 Å². The molecule has 2 aromatic heterocycles. The molecular weight excluding hydrogens is 252 g/mol. The van der Waals surface area contributed by atoms with Gasteiger partial charge in [0.05, 0.1) is 11.1 Å². The van der Waals surface area contributed by atoms with E-state index in [1.807, 2.05) is 23.9 Å². The predicted molar refractivity (Wildman–Crippen MR) is 71.2 cm³/mol. The zero-order valence-electron chi connectivity index (χ0n) is 10.3. The number of fused-ring (bicyclic) bond motifs is 1. The van der Waals surface area contributed by atoms with Crippen LogP contribution < -0.4 is 11.1 Å². The number of nitrogens with zero attached hydrogens (tertiary/aromatic N) is 2. The number of amides is 1. The molecule has 1 unspecified atom stereocenters. The standard InChI is InChI=1S/C12H15ClN4O/c1-7(14)12(18)16-5-8-3-9-10(13)6-17(2)11(9)15-4-8/h3-4,6-7H,5,14H2,1-2H3,(H,16,18). The van der Waals surface area contributed by atoms with Crippen molar-refractivity contribution in [2.75, 3.05) is 0 Å². The zero-order valence-corrected chi connectivity index (χ0v) is 11.0. The van der Waals surface area contributed by atoms with Crippen molar-refractivity contribution in [1.82, 2.24) is 14.9 Å². The minimum absolute atomic E-state index is 0.186. The molecule has 96 valence electrons. The molecule has 0 radical (unpaired) electrons. The Labute approximate surface area is 110 Å². The van der Waals surface area contributed by atoms with E-state index in [0.29, 0.717) is 11.6 Å². The molecule has 0 saturated carbocycles. The molecule has 2 heterocycles. The maximum Gasteiger partial charge on any atom is 0.236 e. The highest BCUT2D eigenvalue weighted by atomic mass is 35.5. The molecule has 5 nitrogen and oxygen atoms in total. The summed E-state index contributed by atoms with van der Waals surface area (Å²) in [5, 5.41) is 4.27. The summed E-state index contributed by atoms with van der Waals surface area (Å²) in [5.74, 6) is -0.186. The van der Waals surface area contributed by atoms with Gasteiger partial charge in [0, 0.05) is 31.4 Å². The highest BCUT2D eigenvalue weighted by Crippen LogP contribution is 2.24. The Kier molecular flexibility index (Phi) is 3.54. The van der Waals surface area contributed by atoms with Crippen molar-refractivity contribution in [3.05, 3.63) is 29.0 Å². The molecule has 2 aromatic rings. The number of halogens is 1. The lowest BCUT2D eigenvalue weighted by molar-refractivity contribution is -0.122. The van der Waals surface area contributed by atoms with E-state index >= 15 is 0 Å². The van der Waals surface area contributed by atoms with Crippen molar-refractivity contribution in [2.24, 2.45) is 12.8 Å². The normalized spacial score (nSPS) is 12.7. The average molecular weight is 267 g/mol. The van der Waals surface area contributed by atoms with Crippen molar-refractivity contribution < 1.29 is 4.79 Å². The van der Waals surface area contributed by atoms with E-state index in [0.717, 1.165) is 16.6 Å². The number of hydrogen-bond acceptors (Lipinski definition) is 3. The van der Waals surface area contributed by atoms with Gasteiger partial charge in [-0.2, -0.15) is 0 Å². The fraction of sp³-hybridized carbons (Fsp3) is 0.333. The number of pyridine rings is 1. The molecule has 0 aliphatic rings. The molecule has 1 amide bonds. The first kappa shape index (κ1) is 12.9. The number of aryl methyl sites for hydroxylation is 1. The third-order valence-corrected chi connectivity index (χ3v) is 3.00. The number of carbonyl (C=O) groups excluding carboxylic acids is 1. The highest BCUT2D eigenvalue weighted by molar-refractivity contribution is 6.35. The topological polar surface area (TPSA) is 72.9 Å². The van der Waals surface area contributed by atoms with Crippen LogP contribution in [0.2, 0.25) is 5.02 Å².